The van der Waals surface area contributed by atoms with Crippen molar-refractivity contribution in [2.45, 2.75) is 46.1 Å². The number of nitrogens with one attached hydrogen (secondary N) is 3. The molecular weight excluding hydrogens is 320 g/mol. The zero-order valence-corrected chi connectivity index (χ0v) is 15.5. The number of benzene rings is 1. The number of nitrogens with zero attached hydrogens (tertiary/aromatic N) is 1. The second-order valence-electron chi connectivity index (χ2n) is 6.40. The molecule has 1 fully saturated rings. The van der Waals surface area contributed by atoms with E-state index in [1.54, 1.807) is 11.0 Å². The predicted octanol–water partition coefficient (Wildman–Crippen LogP) is 1.56. The van der Waals surface area contributed by atoms with Crippen LogP contribution in [-0.2, 0) is 6.54 Å². The van der Waals surface area contributed by atoms with Crippen LogP contribution in [0.3, 0.4) is 0 Å². The second kappa shape index (κ2) is 9.59. The minimum absolute atomic E-state index is 0.373. The van der Waals surface area contributed by atoms with Crippen LogP contribution in [0, 0.1) is 0 Å². The molecule has 1 saturated heterocycles. The molecule has 1 heterocycles. The van der Waals surface area contributed by atoms with E-state index in [0.717, 1.165) is 36.3 Å². The summed E-state index contributed by atoms with van der Waals surface area (Å²) in [6, 6.07) is 5.70. The molecule has 0 atom stereocenters. The third kappa shape index (κ3) is 5.76. The van der Waals surface area contributed by atoms with E-state index in [1.165, 1.54) is 32.4 Å². The van der Waals surface area contributed by atoms with Gasteiger partial charge in [0.25, 0.3) is 0 Å². The smallest absolute Gasteiger partial charge is 0.186 e. The summed E-state index contributed by atoms with van der Waals surface area (Å²) in [6.07, 6.45) is 4.91. The summed E-state index contributed by atoms with van der Waals surface area (Å²) in [6.45, 7) is 8.12. The van der Waals surface area contributed by atoms with Crippen LogP contribution in [0.5, 0.6) is 5.75 Å². The molecule has 0 radical (unpaired) electrons. The highest BCUT2D eigenvalue weighted by molar-refractivity contribution is 7.80. The largest absolute Gasteiger partial charge is 0.507 e. The lowest BCUT2D eigenvalue weighted by Crippen LogP contribution is -3.11. The van der Waals surface area contributed by atoms with E-state index in [4.69, 9.17) is 12.2 Å². The van der Waals surface area contributed by atoms with Crippen molar-refractivity contribution in [3.8, 4) is 5.75 Å². The molecule has 1 aliphatic heterocycles. The van der Waals surface area contributed by atoms with Crippen LogP contribution in [0.4, 0.5) is 0 Å². The Labute approximate surface area is 150 Å². The van der Waals surface area contributed by atoms with Crippen molar-refractivity contribution in [3.63, 3.8) is 0 Å². The topological polar surface area (TPSA) is 61.1 Å². The van der Waals surface area contributed by atoms with Crippen LogP contribution < -0.4 is 15.6 Å². The minimum atomic E-state index is 0.373. The molecule has 0 amide bonds. The molecule has 0 unspecified atom stereocenters. The number of hydrazone groups is 1. The van der Waals surface area contributed by atoms with E-state index < -0.39 is 0 Å². The number of likely N-dealkylation sites (tertiary alicyclic amines) is 1. The highest BCUT2D eigenvalue weighted by Gasteiger charge is 2.16. The van der Waals surface area contributed by atoms with E-state index in [0.29, 0.717) is 10.9 Å². The summed E-state index contributed by atoms with van der Waals surface area (Å²) < 4.78 is 0. The van der Waals surface area contributed by atoms with Crippen molar-refractivity contribution in [3.05, 3.63) is 29.3 Å². The molecule has 1 aromatic carbocycles. The zero-order chi connectivity index (χ0) is 17.4. The summed E-state index contributed by atoms with van der Waals surface area (Å²) in [7, 11) is 0. The first-order chi connectivity index (χ1) is 11.6. The molecule has 0 aliphatic carbocycles. The molecule has 6 heteroatoms. The number of phenols is 1. The van der Waals surface area contributed by atoms with Gasteiger partial charge in [-0.25, -0.2) is 0 Å². The molecular formula is C18H29N4OS+. The molecule has 0 bridgehead atoms. The number of hydrogen-bond acceptors (Lipinski definition) is 3. The summed E-state index contributed by atoms with van der Waals surface area (Å²) in [5.74, 6) is 0.373. The Hall–Kier alpha value is -1.66. The fourth-order valence-corrected chi connectivity index (χ4v) is 3.07. The Morgan fingerprint density at radius 1 is 1.29 bits per heavy atom. The third-order valence-electron chi connectivity index (χ3n) is 4.36. The minimum Gasteiger partial charge on any atom is -0.507 e. The molecule has 0 saturated carbocycles. The van der Waals surface area contributed by atoms with Gasteiger partial charge in [0, 0.05) is 12.1 Å². The first-order valence-corrected chi connectivity index (χ1v) is 9.25. The first-order valence-electron chi connectivity index (χ1n) is 8.84. The van der Waals surface area contributed by atoms with Crippen LogP contribution in [0.1, 0.15) is 50.7 Å². The molecule has 5 nitrogen and oxygen atoms in total. The predicted molar refractivity (Wildman–Crippen MR) is 103 cm³/mol. The van der Waals surface area contributed by atoms with Gasteiger partial charge in [-0.15, -0.1) is 0 Å². The first kappa shape index (κ1) is 18.7. The van der Waals surface area contributed by atoms with Gasteiger partial charge in [0.15, 0.2) is 5.11 Å². The number of thiocarbonyl (C=S) groups is 1. The van der Waals surface area contributed by atoms with Gasteiger partial charge in [-0.2, -0.15) is 5.10 Å². The molecule has 4 N–H and O–H groups in total. The monoisotopic (exact) mass is 349 g/mol. The third-order valence-corrected chi connectivity index (χ3v) is 4.59. The molecule has 0 aromatic heterocycles. The summed E-state index contributed by atoms with van der Waals surface area (Å²) in [5.41, 5.74) is 5.72. The van der Waals surface area contributed by atoms with Gasteiger partial charge in [0.1, 0.15) is 12.3 Å². The quantitative estimate of drug-likeness (QED) is 0.358. The van der Waals surface area contributed by atoms with Crippen molar-refractivity contribution in [1.29, 1.82) is 0 Å². The van der Waals surface area contributed by atoms with Crippen LogP contribution in [-0.4, -0.2) is 35.6 Å². The average molecular weight is 350 g/mol. The lowest BCUT2D eigenvalue weighted by molar-refractivity contribution is -0.918. The highest BCUT2D eigenvalue weighted by atomic mass is 32.1. The fraction of sp³-hybridized carbons (Fsp3) is 0.556. The van der Waals surface area contributed by atoms with Gasteiger partial charge in [0.2, 0.25) is 0 Å². The van der Waals surface area contributed by atoms with Gasteiger partial charge in [-0.1, -0.05) is 6.92 Å². The Balaban J connectivity index is 2.01. The maximum absolute atomic E-state index is 10.2. The number of hydrogen-bond donors (Lipinski definition) is 4. The standard InChI is InChI=1S/C18H28N4OS/c1-3-9-19-18(24)21-20-14(2)15-7-8-17(23)16(12-15)13-22-10-5-4-6-11-22/h7-8,12,23H,3-6,9-11,13H2,1-2H3,(H2,19,21,24)/p+1/b20-14+. The van der Waals surface area contributed by atoms with E-state index >= 15 is 0 Å². The Morgan fingerprint density at radius 2 is 2.04 bits per heavy atom. The summed E-state index contributed by atoms with van der Waals surface area (Å²) >= 11 is 5.17. The molecule has 0 spiro atoms. The molecule has 24 heavy (non-hydrogen) atoms. The number of piperidine rings is 1. The van der Waals surface area contributed by atoms with E-state index in [2.05, 4.69) is 22.8 Å². The zero-order valence-electron chi connectivity index (χ0n) is 14.7. The summed E-state index contributed by atoms with van der Waals surface area (Å²) in [5, 5.41) is 18.1. The van der Waals surface area contributed by atoms with Crippen LogP contribution >= 0.6 is 12.2 Å². The molecule has 1 aliphatic rings. The maximum Gasteiger partial charge on any atom is 0.186 e. The van der Waals surface area contributed by atoms with Gasteiger partial charge in [-0.05, 0) is 68.6 Å². The van der Waals surface area contributed by atoms with E-state index in [9.17, 15) is 5.11 Å². The normalized spacial score (nSPS) is 16.0. The van der Waals surface area contributed by atoms with E-state index in [-0.39, 0.29) is 0 Å². The fourth-order valence-electron chi connectivity index (χ4n) is 2.93. The van der Waals surface area contributed by atoms with Crippen LogP contribution in [0.15, 0.2) is 23.3 Å². The van der Waals surface area contributed by atoms with Gasteiger partial charge in [-0.3, -0.25) is 5.43 Å². The second-order valence-corrected chi connectivity index (χ2v) is 6.80. The molecule has 1 aromatic rings. The highest BCUT2D eigenvalue weighted by Crippen LogP contribution is 2.18. The molecule has 132 valence electrons. The van der Waals surface area contributed by atoms with E-state index in [1.807, 2.05) is 19.1 Å². The maximum atomic E-state index is 10.2. The SMILES string of the molecule is CCCNC(=S)N/N=C(\C)c1ccc(O)c(C[NH+]2CCCCC2)c1. The average Bonchev–Trinajstić information content (AvgIpc) is 2.60. The van der Waals surface area contributed by atoms with Crippen LogP contribution in [0.2, 0.25) is 0 Å². The van der Waals surface area contributed by atoms with Crippen molar-refractivity contribution in [2.24, 2.45) is 5.10 Å². The number of aromatic hydroxyl groups is 1. The Kier molecular flexibility index (Phi) is 7.46. The Morgan fingerprint density at radius 3 is 2.75 bits per heavy atom. The number of phenolic OH excluding ortho intramolecular Hbond substituents is 1. The lowest BCUT2D eigenvalue weighted by atomic mass is 10.0. The Bertz CT molecular complexity index is 582. The van der Waals surface area contributed by atoms with Gasteiger partial charge in [0.05, 0.1) is 18.8 Å². The van der Waals surface area contributed by atoms with Crippen molar-refractivity contribution < 1.29 is 10.0 Å². The molecule has 2 rings (SSSR count). The number of quaternary nitrogens is 1. The lowest BCUT2D eigenvalue weighted by Gasteiger charge is -2.24. The summed E-state index contributed by atoms with van der Waals surface area (Å²) in [4.78, 5) is 1.55. The number of rotatable bonds is 6. The van der Waals surface area contributed by atoms with Crippen molar-refractivity contribution in [1.82, 2.24) is 10.7 Å². The van der Waals surface area contributed by atoms with Gasteiger partial charge < -0.3 is 15.3 Å². The van der Waals surface area contributed by atoms with Crippen molar-refractivity contribution in [2.75, 3.05) is 19.6 Å². The van der Waals surface area contributed by atoms with Crippen molar-refractivity contribution >= 4 is 23.0 Å². The van der Waals surface area contributed by atoms with Crippen LogP contribution in [0.25, 0.3) is 0 Å². The van der Waals surface area contributed by atoms with Gasteiger partial charge >= 0.3 is 0 Å².